The molecular weight excluding hydrogens is 178 g/mol. The van der Waals surface area contributed by atoms with Gasteiger partial charge in [0.2, 0.25) is 0 Å². The van der Waals surface area contributed by atoms with Gasteiger partial charge in [-0.3, -0.25) is 0 Å². The third-order valence-electron chi connectivity index (χ3n) is 2.58. The number of hydrogen-bond donors (Lipinski definition) is 0. The molecule has 2 amide bonds. The van der Waals surface area contributed by atoms with Gasteiger partial charge in [-0.1, -0.05) is 0 Å². The van der Waals surface area contributed by atoms with Gasteiger partial charge in [0.05, 0.1) is 0 Å². The Morgan fingerprint density at radius 1 is 1.29 bits per heavy atom. The average molecular weight is 202 g/mol. The molecular formula is C10H21N3O. The van der Waals surface area contributed by atoms with Crippen molar-refractivity contribution >= 4 is 6.03 Å². The highest BCUT2D eigenvalue weighted by Crippen LogP contribution is 2.03. The fraction of sp³-hybridized carbons (Fsp3) is 0.900. The number of piperazine rings is 1. The maximum absolute atomic E-state index is 12.0. The fourth-order valence-corrected chi connectivity index (χ4v) is 1.59. The van der Waals surface area contributed by atoms with E-state index in [1.54, 1.807) is 9.80 Å². The lowest BCUT2D eigenvalue weighted by Gasteiger charge is -2.35. The molecule has 0 aromatic carbocycles. The van der Waals surface area contributed by atoms with Gasteiger partial charge < -0.3 is 14.7 Å². The summed E-state index contributed by atoms with van der Waals surface area (Å²) in [6, 6.07) is 0.0141. The molecule has 1 fully saturated rings. The predicted octanol–water partition coefficient (Wildman–Crippen LogP) is 0.696. The van der Waals surface area contributed by atoms with Crippen LogP contribution in [0.15, 0.2) is 0 Å². The zero-order chi connectivity index (χ0) is 13.1. The Morgan fingerprint density at radius 2 is 1.86 bits per heavy atom. The van der Waals surface area contributed by atoms with Crippen molar-refractivity contribution in [2.75, 3.05) is 46.2 Å². The van der Waals surface area contributed by atoms with Crippen LogP contribution in [0.1, 0.15) is 18.0 Å². The number of carbonyl (C=O) groups is 1. The van der Waals surface area contributed by atoms with Crippen LogP contribution in [0.3, 0.4) is 0 Å². The Balaban J connectivity index is 2.49. The van der Waals surface area contributed by atoms with Crippen molar-refractivity contribution < 1.29 is 8.91 Å². The minimum absolute atomic E-state index is 0.0141. The smallest absolute Gasteiger partial charge is 0.320 e. The highest BCUT2D eigenvalue weighted by atomic mass is 16.2. The quantitative estimate of drug-likeness (QED) is 0.659. The molecule has 0 atom stereocenters. The Morgan fingerprint density at radius 3 is 2.29 bits per heavy atom. The van der Waals surface area contributed by atoms with Crippen LogP contribution < -0.4 is 0 Å². The number of amides is 2. The summed E-state index contributed by atoms with van der Waals surface area (Å²) in [5, 5.41) is 0. The van der Waals surface area contributed by atoms with Crippen LogP contribution in [0.5, 0.6) is 0 Å². The predicted molar refractivity (Wildman–Crippen MR) is 57.4 cm³/mol. The lowest BCUT2D eigenvalue weighted by atomic mass is 10.3. The van der Waals surface area contributed by atoms with E-state index in [9.17, 15) is 4.79 Å². The van der Waals surface area contributed by atoms with E-state index in [2.05, 4.69) is 0 Å². The molecule has 1 saturated heterocycles. The van der Waals surface area contributed by atoms with Crippen LogP contribution in [0.25, 0.3) is 0 Å². The van der Waals surface area contributed by atoms with Gasteiger partial charge in [0, 0.05) is 43.4 Å². The van der Waals surface area contributed by atoms with Crippen LogP contribution in [-0.4, -0.2) is 67.0 Å². The molecule has 1 aliphatic heterocycles. The van der Waals surface area contributed by atoms with Gasteiger partial charge in [0.15, 0.2) is 0 Å². The highest BCUT2D eigenvalue weighted by molar-refractivity contribution is 5.74. The first-order valence-electron chi connectivity index (χ1n) is 6.69. The van der Waals surface area contributed by atoms with Gasteiger partial charge in [0.25, 0.3) is 0 Å². The number of likely N-dealkylation sites (N-methyl/N-ethyl adjacent to an activating group) is 1. The molecule has 82 valence electrons. The van der Waals surface area contributed by atoms with Crippen molar-refractivity contribution in [3.05, 3.63) is 0 Å². The normalized spacial score (nSPS) is 22.4. The van der Waals surface area contributed by atoms with Gasteiger partial charge in [-0.05, 0) is 20.8 Å². The SMILES string of the molecule is [2H]C([2H])([2H])N1CCN(C(=O)N(CC)CC)CC1. The maximum atomic E-state index is 12.0. The monoisotopic (exact) mass is 202 g/mol. The van der Waals surface area contributed by atoms with E-state index in [-0.39, 0.29) is 6.03 Å². The Labute approximate surface area is 90.7 Å². The summed E-state index contributed by atoms with van der Waals surface area (Å²) in [5.41, 5.74) is 0. The molecule has 4 heteroatoms. The zero-order valence-corrected chi connectivity index (χ0v) is 8.99. The van der Waals surface area contributed by atoms with Crippen LogP contribution in [0.4, 0.5) is 4.79 Å². The molecule has 0 unspecified atom stereocenters. The molecule has 1 aliphatic rings. The molecule has 1 rings (SSSR count). The molecule has 14 heavy (non-hydrogen) atoms. The molecule has 0 aromatic rings. The summed E-state index contributed by atoms with van der Waals surface area (Å²) >= 11 is 0. The zero-order valence-electron chi connectivity index (χ0n) is 12.0. The van der Waals surface area contributed by atoms with Crippen molar-refractivity contribution in [2.45, 2.75) is 13.8 Å². The molecule has 0 spiro atoms. The van der Waals surface area contributed by atoms with Gasteiger partial charge in [-0.25, -0.2) is 4.79 Å². The number of nitrogens with zero attached hydrogens (tertiary/aromatic N) is 3. The summed E-state index contributed by atoms with van der Waals surface area (Å²) in [7, 11) is 0. The van der Waals surface area contributed by atoms with E-state index < -0.39 is 6.98 Å². The first kappa shape index (κ1) is 7.51. The summed E-state index contributed by atoms with van der Waals surface area (Å²) in [6.45, 7) is 5.06. The number of hydrogen-bond acceptors (Lipinski definition) is 2. The molecule has 0 saturated carbocycles. The summed E-state index contributed by atoms with van der Waals surface area (Å²) < 4.78 is 21.9. The first-order chi connectivity index (χ1) is 7.90. The molecule has 0 radical (unpaired) electrons. The molecule has 0 bridgehead atoms. The number of rotatable bonds is 2. The molecule has 0 aromatic heterocycles. The van der Waals surface area contributed by atoms with Crippen molar-refractivity contribution in [1.82, 2.24) is 14.7 Å². The van der Waals surface area contributed by atoms with Crippen LogP contribution >= 0.6 is 0 Å². The first-order valence-corrected chi connectivity index (χ1v) is 5.19. The molecule has 4 nitrogen and oxygen atoms in total. The Hall–Kier alpha value is -0.770. The topological polar surface area (TPSA) is 26.8 Å². The van der Waals surface area contributed by atoms with Crippen molar-refractivity contribution in [3.63, 3.8) is 0 Å². The number of carbonyl (C=O) groups excluding carboxylic acids is 1. The molecule has 0 aliphatic carbocycles. The van der Waals surface area contributed by atoms with Crippen molar-refractivity contribution in [2.24, 2.45) is 0 Å². The Kier molecular flexibility index (Phi) is 2.79. The number of urea groups is 1. The average Bonchev–Trinajstić information content (AvgIpc) is 2.29. The summed E-state index contributed by atoms with van der Waals surface area (Å²) in [4.78, 5) is 16.9. The van der Waals surface area contributed by atoms with Crippen LogP contribution in [-0.2, 0) is 0 Å². The third-order valence-corrected chi connectivity index (χ3v) is 2.58. The van der Waals surface area contributed by atoms with Gasteiger partial charge in [-0.2, -0.15) is 0 Å². The minimum atomic E-state index is -2.04. The largest absolute Gasteiger partial charge is 0.325 e. The second-order valence-electron chi connectivity index (χ2n) is 3.43. The van der Waals surface area contributed by atoms with E-state index in [1.165, 1.54) is 4.90 Å². The van der Waals surface area contributed by atoms with E-state index in [4.69, 9.17) is 4.11 Å². The van der Waals surface area contributed by atoms with E-state index >= 15 is 0 Å². The fourth-order valence-electron chi connectivity index (χ4n) is 1.59. The molecule has 0 N–H and O–H groups in total. The molecule has 1 heterocycles. The summed E-state index contributed by atoms with van der Waals surface area (Å²) in [6.07, 6.45) is 0. The maximum Gasteiger partial charge on any atom is 0.320 e. The van der Waals surface area contributed by atoms with Crippen LogP contribution in [0, 0.1) is 0 Å². The van der Waals surface area contributed by atoms with Gasteiger partial charge >= 0.3 is 6.03 Å². The van der Waals surface area contributed by atoms with Gasteiger partial charge in [0.1, 0.15) is 0 Å². The third kappa shape index (κ3) is 2.61. The van der Waals surface area contributed by atoms with E-state index in [0.717, 1.165) is 0 Å². The Bertz CT molecular complexity index is 258. The minimum Gasteiger partial charge on any atom is -0.325 e. The summed E-state index contributed by atoms with van der Waals surface area (Å²) in [5.74, 6) is 0. The van der Waals surface area contributed by atoms with E-state index in [1.807, 2.05) is 13.8 Å². The highest BCUT2D eigenvalue weighted by Gasteiger charge is 2.21. The second-order valence-corrected chi connectivity index (χ2v) is 3.43. The van der Waals surface area contributed by atoms with Crippen molar-refractivity contribution in [1.29, 1.82) is 0 Å². The standard InChI is InChI=1S/C10H21N3O/c1-4-12(5-2)10(14)13-8-6-11(3)7-9-13/h4-9H2,1-3H3/i3D3. The van der Waals surface area contributed by atoms with Gasteiger partial charge in [-0.15, -0.1) is 0 Å². The lowest BCUT2D eigenvalue weighted by Crippen LogP contribution is -2.51. The van der Waals surface area contributed by atoms with Crippen molar-refractivity contribution in [3.8, 4) is 0 Å². The second kappa shape index (κ2) is 5.20. The lowest BCUT2D eigenvalue weighted by molar-refractivity contribution is 0.125. The van der Waals surface area contributed by atoms with E-state index in [0.29, 0.717) is 39.3 Å². The van der Waals surface area contributed by atoms with Crippen LogP contribution in [0.2, 0.25) is 0 Å².